The molecule has 1 unspecified atom stereocenters. The molecule has 0 bridgehead atoms. The maximum atomic E-state index is 3.74. The molecule has 0 fully saturated rings. The summed E-state index contributed by atoms with van der Waals surface area (Å²) in [5.74, 6) is 0. The molecule has 6 aromatic carbocycles. The third-order valence-electron chi connectivity index (χ3n) is 10.8. The van der Waals surface area contributed by atoms with Crippen LogP contribution in [-0.2, 0) is 5.41 Å². The Bertz CT molecular complexity index is 2490. The minimum Gasteiger partial charge on any atom is -0.381 e. The number of thioether (sulfide) groups is 1. The van der Waals surface area contributed by atoms with E-state index in [1.807, 2.05) is 23.5 Å². The minimum absolute atomic E-state index is 0.361. The van der Waals surface area contributed by atoms with Crippen molar-refractivity contribution in [1.82, 2.24) is 5.32 Å². The highest BCUT2D eigenvalue weighted by molar-refractivity contribution is 8.03. The molecule has 0 saturated heterocycles. The topological polar surface area (TPSA) is 24.1 Å². The minimum atomic E-state index is -0.361. The van der Waals surface area contributed by atoms with E-state index in [2.05, 4.69) is 181 Å². The lowest BCUT2D eigenvalue weighted by Crippen LogP contribution is -2.38. The van der Waals surface area contributed by atoms with Crippen LogP contribution in [0.5, 0.6) is 0 Å². The summed E-state index contributed by atoms with van der Waals surface area (Å²) in [7, 11) is 0. The average Bonchev–Trinajstić information content (AvgIpc) is 3.21. The number of rotatable bonds is 5. The van der Waals surface area contributed by atoms with Crippen molar-refractivity contribution in [3.63, 3.8) is 0 Å². The molecule has 4 heteroatoms. The molecule has 3 heterocycles. The van der Waals surface area contributed by atoms with Crippen LogP contribution in [0.25, 0.3) is 22.3 Å². The first kappa shape index (κ1) is 31.3. The Morgan fingerprint density at radius 1 is 0.577 bits per heavy atom. The van der Waals surface area contributed by atoms with E-state index < -0.39 is 0 Å². The van der Waals surface area contributed by atoms with E-state index >= 15 is 0 Å². The monoisotopic (exact) mass is 704 g/mol. The summed E-state index contributed by atoms with van der Waals surface area (Å²) in [5.41, 5.74) is 15.0. The molecule has 1 spiro atoms. The fraction of sp³-hybridized carbons (Fsp3) is 0.0833. The van der Waals surface area contributed by atoms with Gasteiger partial charge < -0.3 is 10.6 Å². The number of nitrogens with one attached hydrogen (secondary N) is 2. The van der Waals surface area contributed by atoms with Crippen LogP contribution >= 0.6 is 23.5 Å². The van der Waals surface area contributed by atoms with Gasteiger partial charge in [-0.3, -0.25) is 0 Å². The summed E-state index contributed by atoms with van der Waals surface area (Å²) >= 11 is 3.86. The van der Waals surface area contributed by atoms with Crippen molar-refractivity contribution in [2.75, 3.05) is 11.9 Å². The van der Waals surface area contributed by atoms with E-state index in [9.17, 15) is 0 Å². The second-order valence-electron chi connectivity index (χ2n) is 13.7. The zero-order valence-corrected chi connectivity index (χ0v) is 30.2. The van der Waals surface area contributed by atoms with Gasteiger partial charge in [0.15, 0.2) is 0 Å². The van der Waals surface area contributed by atoms with Gasteiger partial charge in [-0.15, -0.1) is 0 Å². The van der Waals surface area contributed by atoms with Crippen LogP contribution in [0.15, 0.2) is 206 Å². The number of hydrogen-bond donors (Lipinski definition) is 2. The van der Waals surface area contributed by atoms with Gasteiger partial charge in [0, 0.05) is 48.8 Å². The summed E-state index contributed by atoms with van der Waals surface area (Å²) in [5, 5.41) is 7.37. The summed E-state index contributed by atoms with van der Waals surface area (Å²) in [6, 6.07) is 53.5. The van der Waals surface area contributed by atoms with E-state index in [4.69, 9.17) is 0 Å². The molecule has 0 saturated carbocycles. The molecule has 1 aliphatic carbocycles. The summed E-state index contributed by atoms with van der Waals surface area (Å²) in [4.78, 5) is 5.39. The molecule has 250 valence electrons. The molecule has 3 aliphatic heterocycles. The van der Waals surface area contributed by atoms with Crippen molar-refractivity contribution in [2.45, 2.75) is 32.9 Å². The van der Waals surface area contributed by atoms with Crippen LogP contribution in [-0.4, -0.2) is 6.54 Å². The van der Waals surface area contributed by atoms with Crippen molar-refractivity contribution in [1.29, 1.82) is 0 Å². The fourth-order valence-corrected chi connectivity index (χ4v) is 10.9. The van der Waals surface area contributed by atoms with Gasteiger partial charge in [-0.05, 0) is 106 Å². The summed E-state index contributed by atoms with van der Waals surface area (Å²) < 4.78 is 0. The number of anilines is 2. The van der Waals surface area contributed by atoms with Gasteiger partial charge in [-0.2, -0.15) is 0 Å². The van der Waals surface area contributed by atoms with Crippen molar-refractivity contribution in [3.05, 3.63) is 208 Å². The highest BCUT2D eigenvalue weighted by atomic mass is 32.2. The molecule has 1 atom stereocenters. The van der Waals surface area contributed by atoms with Gasteiger partial charge in [0.25, 0.3) is 0 Å². The molecule has 0 aromatic heterocycles. The Kier molecular flexibility index (Phi) is 7.81. The van der Waals surface area contributed by atoms with Crippen molar-refractivity contribution < 1.29 is 0 Å². The number of para-hydroxylation sites is 1. The Labute approximate surface area is 314 Å². The highest BCUT2D eigenvalue weighted by Crippen LogP contribution is 2.63. The normalized spacial score (nSPS) is 18.3. The second-order valence-corrected chi connectivity index (χ2v) is 15.8. The molecule has 2 N–H and O–H groups in total. The molecular weight excluding hydrogens is 669 g/mol. The SMILES string of the molecule is C1=CCNC(C2=CC3=C(CC2)C2(c4ccccc4S3)c3ccccc3Sc3cc(-c4ccc(-c5ccccc5)c(Nc5ccccc5)c4)ccc32)=C1. The molecule has 6 aromatic rings. The van der Waals surface area contributed by atoms with E-state index in [0.717, 1.165) is 30.8 Å². The molecular formula is C48H36N2S2. The highest BCUT2D eigenvalue weighted by Gasteiger charge is 2.50. The van der Waals surface area contributed by atoms with E-state index in [1.165, 1.54) is 75.4 Å². The van der Waals surface area contributed by atoms with Gasteiger partial charge in [0.05, 0.1) is 5.41 Å². The molecule has 52 heavy (non-hydrogen) atoms. The lowest BCUT2D eigenvalue weighted by Gasteiger charge is -2.48. The Balaban J connectivity index is 1.15. The number of hydrogen-bond acceptors (Lipinski definition) is 4. The Morgan fingerprint density at radius 3 is 2.02 bits per heavy atom. The van der Waals surface area contributed by atoms with Crippen molar-refractivity contribution in [3.8, 4) is 22.3 Å². The predicted molar refractivity (Wildman–Crippen MR) is 219 cm³/mol. The van der Waals surface area contributed by atoms with Gasteiger partial charge in [0.2, 0.25) is 0 Å². The largest absolute Gasteiger partial charge is 0.381 e. The van der Waals surface area contributed by atoms with Crippen molar-refractivity contribution in [2.24, 2.45) is 0 Å². The van der Waals surface area contributed by atoms with Gasteiger partial charge >= 0.3 is 0 Å². The lowest BCUT2D eigenvalue weighted by molar-refractivity contribution is 0.623. The van der Waals surface area contributed by atoms with Crippen LogP contribution in [0.3, 0.4) is 0 Å². The fourth-order valence-electron chi connectivity index (χ4n) is 8.42. The summed E-state index contributed by atoms with van der Waals surface area (Å²) in [6.07, 6.45) is 11.1. The second kappa shape index (κ2) is 13.0. The quantitative estimate of drug-likeness (QED) is 0.187. The number of fused-ring (bicyclic) bond motifs is 7. The molecule has 10 rings (SSSR count). The number of dihydropyridines is 1. The van der Waals surface area contributed by atoms with E-state index in [0.29, 0.717) is 0 Å². The first-order valence-electron chi connectivity index (χ1n) is 18.0. The van der Waals surface area contributed by atoms with Crippen molar-refractivity contribution >= 4 is 34.9 Å². The van der Waals surface area contributed by atoms with E-state index in [-0.39, 0.29) is 5.41 Å². The van der Waals surface area contributed by atoms with Gasteiger partial charge in [0.1, 0.15) is 0 Å². The Morgan fingerprint density at radius 2 is 1.25 bits per heavy atom. The molecule has 2 nitrogen and oxygen atoms in total. The first-order chi connectivity index (χ1) is 25.8. The number of allylic oxidation sites excluding steroid dienone is 5. The first-order valence-corrected chi connectivity index (χ1v) is 19.7. The van der Waals surface area contributed by atoms with Crippen LogP contribution < -0.4 is 10.6 Å². The third-order valence-corrected chi connectivity index (χ3v) is 13.0. The molecule has 0 amide bonds. The zero-order valence-electron chi connectivity index (χ0n) is 28.6. The van der Waals surface area contributed by atoms with E-state index in [1.54, 1.807) is 0 Å². The smallest absolute Gasteiger partial charge is 0.0708 e. The Hall–Kier alpha value is -5.42. The summed E-state index contributed by atoms with van der Waals surface area (Å²) in [6.45, 7) is 0.883. The lowest BCUT2D eigenvalue weighted by atomic mass is 9.62. The zero-order chi connectivity index (χ0) is 34.5. The number of benzene rings is 6. The van der Waals surface area contributed by atoms with Crippen LogP contribution in [0, 0.1) is 0 Å². The van der Waals surface area contributed by atoms with Crippen LogP contribution in [0.1, 0.15) is 29.5 Å². The third kappa shape index (κ3) is 5.20. The maximum absolute atomic E-state index is 3.74. The van der Waals surface area contributed by atoms with Crippen LogP contribution in [0.4, 0.5) is 11.4 Å². The standard InChI is InChI=1S/C48H36N2S2/c1-3-13-32(14-4-1)37-25-22-33(29-43(37)50-36-15-5-2-6-16-36)34-23-26-40-46(30-34)51-44-20-9-7-17-38(44)48(40)39-18-8-10-21-45(39)52-47-31-35(24-27-41(47)48)42-19-11-12-28-49-42/h1-23,25-26,29-31,49-50H,24,27-28H2. The van der Waals surface area contributed by atoms with Gasteiger partial charge in [-0.25, -0.2) is 0 Å². The molecule has 0 radical (unpaired) electrons. The predicted octanol–water partition coefficient (Wildman–Crippen LogP) is 12.7. The van der Waals surface area contributed by atoms with Gasteiger partial charge in [-0.1, -0.05) is 145 Å². The molecule has 4 aliphatic rings. The van der Waals surface area contributed by atoms with Crippen LogP contribution in [0.2, 0.25) is 0 Å². The average molecular weight is 705 g/mol. The maximum Gasteiger partial charge on any atom is 0.0708 e.